The minimum absolute atomic E-state index is 0.00891. The fourth-order valence-electron chi connectivity index (χ4n) is 5.51. The average molecular weight is 482 g/mol. The van der Waals surface area contributed by atoms with Crippen LogP contribution >= 0.6 is 0 Å². The summed E-state index contributed by atoms with van der Waals surface area (Å²) in [5, 5.41) is 3.61. The van der Waals surface area contributed by atoms with Gasteiger partial charge in [-0.1, -0.05) is 18.6 Å². The van der Waals surface area contributed by atoms with Crippen LogP contribution in [0.15, 0.2) is 55.0 Å². The molecule has 1 saturated carbocycles. The van der Waals surface area contributed by atoms with Crippen LogP contribution in [-0.4, -0.2) is 44.6 Å². The molecule has 1 spiro atoms. The molecule has 4 heterocycles. The SMILES string of the molecule is O=C1O[C@]2(CCN(C(=O)C3(c4ccc(-n5ccc(C(F)(F)F)n5)cc4)CCC3)C2)c2ccncc21. The van der Waals surface area contributed by atoms with E-state index in [1.165, 1.54) is 17.1 Å². The summed E-state index contributed by atoms with van der Waals surface area (Å²) in [6.07, 6.45) is 2.70. The quantitative estimate of drug-likeness (QED) is 0.528. The number of pyridine rings is 1. The van der Waals surface area contributed by atoms with E-state index in [9.17, 15) is 22.8 Å². The van der Waals surface area contributed by atoms with Crippen LogP contribution in [0.2, 0.25) is 0 Å². The van der Waals surface area contributed by atoms with Crippen molar-refractivity contribution < 1.29 is 27.5 Å². The van der Waals surface area contributed by atoms with E-state index in [2.05, 4.69) is 10.1 Å². The Morgan fingerprint density at radius 1 is 1.06 bits per heavy atom. The van der Waals surface area contributed by atoms with Gasteiger partial charge in [-0.2, -0.15) is 18.3 Å². The maximum atomic E-state index is 13.8. The van der Waals surface area contributed by atoms with Crippen molar-refractivity contribution in [3.8, 4) is 5.69 Å². The van der Waals surface area contributed by atoms with Crippen LogP contribution in [0.25, 0.3) is 5.69 Å². The van der Waals surface area contributed by atoms with Crippen LogP contribution in [0.4, 0.5) is 13.2 Å². The lowest BCUT2D eigenvalue weighted by Gasteiger charge is -2.43. The molecule has 7 nitrogen and oxygen atoms in total. The number of carbonyl (C=O) groups is 2. The van der Waals surface area contributed by atoms with Crippen LogP contribution in [0.5, 0.6) is 0 Å². The second-order valence-electron chi connectivity index (χ2n) is 9.41. The molecule has 2 fully saturated rings. The summed E-state index contributed by atoms with van der Waals surface area (Å²) in [5.41, 5.74) is 0.0509. The van der Waals surface area contributed by atoms with Crippen molar-refractivity contribution in [1.29, 1.82) is 0 Å². The highest BCUT2D eigenvalue weighted by Crippen LogP contribution is 2.49. The van der Waals surface area contributed by atoms with E-state index >= 15 is 0 Å². The third kappa shape index (κ3) is 3.26. The monoisotopic (exact) mass is 482 g/mol. The fraction of sp³-hybridized carbons (Fsp3) is 0.360. The van der Waals surface area contributed by atoms with Gasteiger partial charge in [0.25, 0.3) is 0 Å². The molecule has 0 N–H and O–H groups in total. The first-order chi connectivity index (χ1) is 16.7. The summed E-state index contributed by atoms with van der Waals surface area (Å²) in [6, 6.07) is 9.67. The molecule has 6 rings (SSSR count). The number of nitrogens with zero attached hydrogens (tertiary/aromatic N) is 4. The normalized spacial score (nSPS) is 22.7. The molecule has 1 aromatic carbocycles. The smallest absolute Gasteiger partial charge is 0.435 e. The zero-order valence-corrected chi connectivity index (χ0v) is 18.6. The number of esters is 1. The lowest BCUT2D eigenvalue weighted by Crippen LogP contribution is -2.51. The van der Waals surface area contributed by atoms with Crippen LogP contribution < -0.4 is 0 Å². The van der Waals surface area contributed by atoms with Gasteiger partial charge in [-0.25, -0.2) is 9.48 Å². The van der Waals surface area contributed by atoms with E-state index in [0.29, 0.717) is 43.6 Å². The molecule has 2 aliphatic heterocycles. The van der Waals surface area contributed by atoms with Gasteiger partial charge in [0.2, 0.25) is 5.91 Å². The Morgan fingerprint density at radius 3 is 2.49 bits per heavy atom. The molecule has 0 bridgehead atoms. The zero-order valence-electron chi connectivity index (χ0n) is 18.6. The van der Waals surface area contributed by atoms with Gasteiger partial charge in [0, 0.05) is 37.1 Å². The Labute approximate surface area is 198 Å². The van der Waals surface area contributed by atoms with Crippen molar-refractivity contribution in [3.63, 3.8) is 0 Å². The highest BCUT2D eigenvalue weighted by molar-refractivity contribution is 5.95. The number of alkyl halides is 3. The standard InChI is InChI=1S/C25H21F3N4O3/c26-25(27,28)20-7-12-32(30-20)17-4-2-16(3-5-17)23(8-1-9-23)22(34)31-13-10-24(15-31)19-6-11-29-14-18(19)21(33)35-24/h2-7,11-12,14H,1,8-10,13,15H2/t24-/m0/s1. The van der Waals surface area contributed by atoms with Gasteiger partial charge in [0.05, 0.1) is 23.2 Å². The highest BCUT2D eigenvalue weighted by atomic mass is 19.4. The number of hydrogen-bond acceptors (Lipinski definition) is 5. The molecule has 180 valence electrons. The number of fused-ring (bicyclic) bond motifs is 2. The first kappa shape index (κ1) is 21.8. The molecule has 2 aromatic heterocycles. The Morgan fingerprint density at radius 2 is 1.83 bits per heavy atom. The van der Waals surface area contributed by atoms with Crippen LogP contribution in [-0.2, 0) is 26.7 Å². The summed E-state index contributed by atoms with van der Waals surface area (Å²) < 4.78 is 45.6. The van der Waals surface area contributed by atoms with Crippen molar-refractivity contribution in [2.24, 2.45) is 0 Å². The molecule has 1 saturated heterocycles. The van der Waals surface area contributed by atoms with E-state index in [1.807, 2.05) is 0 Å². The first-order valence-corrected chi connectivity index (χ1v) is 11.4. The first-order valence-electron chi connectivity index (χ1n) is 11.4. The Balaban J connectivity index is 1.24. The summed E-state index contributed by atoms with van der Waals surface area (Å²) in [5.74, 6) is -0.422. The number of ether oxygens (including phenoxy) is 1. The molecule has 35 heavy (non-hydrogen) atoms. The molecular formula is C25H21F3N4O3. The second kappa shape index (κ2) is 7.40. The summed E-state index contributed by atoms with van der Waals surface area (Å²) in [7, 11) is 0. The molecule has 0 radical (unpaired) electrons. The molecule has 1 amide bonds. The van der Waals surface area contributed by atoms with Crippen LogP contribution in [0.3, 0.4) is 0 Å². The van der Waals surface area contributed by atoms with Crippen molar-refractivity contribution >= 4 is 11.9 Å². The van der Waals surface area contributed by atoms with Crippen molar-refractivity contribution in [2.45, 2.75) is 42.9 Å². The van der Waals surface area contributed by atoms with Crippen LogP contribution in [0.1, 0.15) is 52.9 Å². The lowest BCUT2D eigenvalue weighted by molar-refractivity contribution is -0.141. The largest absolute Gasteiger partial charge is 0.449 e. The van der Waals surface area contributed by atoms with E-state index in [4.69, 9.17) is 4.74 Å². The fourth-order valence-corrected chi connectivity index (χ4v) is 5.51. The topological polar surface area (TPSA) is 77.3 Å². The third-order valence-corrected chi connectivity index (χ3v) is 7.52. The molecular weight excluding hydrogens is 461 g/mol. The van der Waals surface area contributed by atoms with Gasteiger partial charge in [-0.15, -0.1) is 0 Å². The lowest BCUT2D eigenvalue weighted by atomic mass is 9.63. The van der Waals surface area contributed by atoms with Gasteiger partial charge >= 0.3 is 12.1 Å². The Hall–Kier alpha value is -3.69. The van der Waals surface area contributed by atoms with E-state index < -0.39 is 28.9 Å². The Bertz CT molecular complexity index is 1330. The van der Waals surface area contributed by atoms with Crippen LogP contribution in [0, 0.1) is 0 Å². The second-order valence-corrected chi connectivity index (χ2v) is 9.41. The molecule has 3 aromatic rings. The molecule has 1 atom stereocenters. The van der Waals surface area contributed by atoms with Crippen molar-refractivity contribution in [2.75, 3.05) is 13.1 Å². The number of carbonyl (C=O) groups excluding carboxylic acids is 2. The third-order valence-electron chi connectivity index (χ3n) is 7.52. The number of rotatable bonds is 3. The predicted molar refractivity (Wildman–Crippen MR) is 117 cm³/mol. The van der Waals surface area contributed by atoms with Gasteiger partial charge in [-0.05, 0) is 42.7 Å². The van der Waals surface area contributed by atoms with Crippen molar-refractivity contribution in [3.05, 3.63) is 77.4 Å². The minimum atomic E-state index is -4.51. The van der Waals surface area contributed by atoms with E-state index in [-0.39, 0.29) is 5.91 Å². The van der Waals surface area contributed by atoms with E-state index in [1.54, 1.807) is 41.4 Å². The molecule has 0 unspecified atom stereocenters. The summed E-state index contributed by atoms with van der Waals surface area (Å²) >= 11 is 0. The summed E-state index contributed by atoms with van der Waals surface area (Å²) in [6.45, 7) is 0.767. The highest BCUT2D eigenvalue weighted by Gasteiger charge is 2.55. The maximum Gasteiger partial charge on any atom is 0.435 e. The van der Waals surface area contributed by atoms with E-state index in [0.717, 1.165) is 23.6 Å². The van der Waals surface area contributed by atoms with Gasteiger partial charge < -0.3 is 9.64 Å². The van der Waals surface area contributed by atoms with Gasteiger partial charge in [0.15, 0.2) is 11.3 Å². The zero-order chi connectivity index (χ0) is 24.4. The summed E-state index contributed by atoms with van der Waals surface area (Å²) in [4.78, 5) is 31.9. The molecule has 1 aliphatic carbocycles. The number of likely N-dealkylation sites (tertiary alicyclic amines) is 1. The number of aromatic nitrogens is 3. The molecule has 3 aliphatic rings. The molecule has 10 heteroatoms. The number of benzene rings is 1. The predicted octanol–water partition coefficient (Wildman–Crippen LogP) is 4.01. The number of halogens is 3. The van der Waals surface area contributed by atoms with Gasteiger partial charge in [-0.3, -0.25) is 9.78 Å². The van der Waals surface area contributed by atoms with Gasteiger partial charge in [0.1, 0.15) is 0 Å². The number of hydrogen-bond donors (Lipinski definition) is 0. The number of amides is 1. The maximum absolute atomic E-state index is 13.8. The average Bonchev–Trinajstić information content (AvgIpc) is 3.53. The minimum Gasteiger partial charge on any atom is -0.449 e. The Kier molecular flexibility index (Phi) is 4.61. The van der Waals surface area contributed by atoms with Crippen molar-refractivity contribution in [1.82, 2.24) is 19.7 Å².